The van der Waals surface area contributed by atoms with Gasteiger partial charge in [0.15, 0.2) is 0 Å². The molecule has 0 radical (unpaired) electrons. The second-order valence-corrected chi connectivity index (χ2v) is 6.56. The van der Waals surface area contributed by atoms with E-state index in [-0.39, 0.29) is 17.3 Å². The predicted octanol–water partition coefficient (Wildman–Crippen LogP) is 4.00. The van der Waals surface area contributed by atoms with Crippen LogP contribution in [0.15, 0.2) is 22.7 Å². The maximum absolute atomic E-state index is 11.9. The number of ether oxygens (including phenoxy) is 1. The van der Waals surface area contributed by atoms with Gasteiger partial charge in [-0.05, 0) is 46.5 Å². The molecular formula is C15H20BrNO3. The van der Waals surface area contributed by atoms with Crippen molar-refractivity contribution in [3.8, 4) is 0 Å². The zero-order chi connectivity index (χ0) is 15.3. The normalized spacial score (nSPS) is 11.1. The molecule has 110 valence electrons. The molecule has 4 nitrogen and oxygen atoms in total. The van der Waals surface area contributed by atoms with E-state index in [2.05, 4.69) is 21.2 Å². The molecule has 0 unspecified atom stereocenters. The molecule has 1 rings (SSSR count). The van der Waals surface area contributed by atoms with Crippen molar-refractivity contribution < 1.29 is 14.3 Å². The number of benzene rings is 1. The quantitative estimate of drug-likeness (QED) is 0.842. The van der Waals surface area contributed by atoms with Crippen LogP contribution < -0.4 is 5.32 Å². The summed E-state index contributed by atoms with van der Waals surface area (Å²) in [6.45, 7) is 8.11. The van der Waals surface area contributed by atoms with Gasteiger partial charge in [-0.3, -0.25) is 4.79 Å². The van der Waals surface area contributed by atoms with Gasteiger partial charge in [0, 0.05) is 10.9 Å². The third-order valence-corrected chi connectivity index (χ3v) is 3.10. The van der Waals surface area contributed by atoms with Gasteiger partial charge in [-0.2, -0.15) is 0 Å². The first-order valence-electron chi connectivity index (χ1n) is 6.49. The van der Waals surface area contributed by atoms with Crippen LogP contribution in [0.3, 0.4) is 0 Å². The van der Waals surface area contributed by atoms with Gasteiger partial charge in [-0.25, -0.2) is 4.79 Å². The summed E-state index contributed by atoms with van der Waals surface area (Å²) in [5.41, 5.74) is 1.03. The highest BCUT2D eigenvalue weighted by molar-refractivity contribution is 9.10. The van der Waals surface area contributed by atoms with Crippen molar-refractivity contribution in [2.75, 3.05) is 11.9 Å². The number of hydrogen-bond donors (Lipinski definition) is 1. The fourth-order valence-electron chi connectivity index (χ4n) is 1.63. The number of carbonyl (C=O) groups excluding carboxylic acids is 2. The van der Waals surface area contributed by atoms with Crippen molar-refractivity contribution in [2.45, 2.75) is 34.1 Å². The Hall–Kier alpha value is -1.36. The lowest BCUT2D eigenvalue weighted by Gasteiger charge is -2.17. The summed E-state index contributed by atoms with van der Waals surface area (Å²) in [6.07, 6.45) is 0.430. The van der Waals surface area contributed by atoms with Crippen molar-refractivity contribution in [3.63, 3.8) is 0 Å². The van der Waals surface area contributed by atoms with Crippen molar-refractivity contribution in [3.05, 3.63) is 28.2 Å². The van der Waals surface area contributed by atoms with Crippen LogP contribution in [0.25, 0.3) is 0 Å². The van der Waals surface area contributed by atoms with Crippen LogP contribution in [0, 0.1) is 5.41 Å². The van der Waals surface area contributed by atoms with Gasteiger partial charge in [0.1, 0.15) is 0 Å². The lowest BCUT2D eigenvalue weighted by Crippen LogP contribution is -2.20. The van der Waals surface area contributed by atoms with Crippen LogP contribution >= 0.6 is 15.9 Å². The van der Waals surface area contributed by atoms with Gasteiger partial charge in [-0.1, -0.05) is 20.8 Å². The third-order valence-electron chi connectivity index (χ3n) is 2.45. The lowest BCUT2D eigenvalue weighted by molar-refractivity contribution is -0.117. The molecule has 0 bridgehead atoms. The molecule has 0 aliphatic heterocycles. The SMILES string of the molecule is CCOC(=O)c1ccc(NC(=O)CC(C)(C)C)c(Br)c1. The van der Waals surface area contributed by atoms with Gasteiger partial charge >= 0.3 is 5.97 Å². The van der Waals surface area contributed by atoms with Crippen LogP contribution in [0.5, 0.6) is 0 Å². The van der Waals surface area contributed by atoms with E-state index in [0.717, 1.165) is 0 Å². The third kappa shape index (κ3) is 5.33. The molecule has 0 atom stereocenters. The largest absolute Gasteiger partial charge is 0.462 e. The summed E-state index contributed by atoms with van der Waals surface area (Å²) in [5, 5.41) is 2.83. The molecule has 0 aliphatic carbocycles. The highest BCUT2D eigenvalue weighted by Crippen LogP contribution is 2.26. The summed E-state index contributed by atoms with van der Waals surface area (Å²) in [7, 11) is 0. The number of rotatable bonds is 4. The van der Waals surface area contributed by atoms with E-state index in [1.54, 1.807) is 25.1 Å². The average Bonchev–Trinajstić information content (AvgIpc) is 2.29. The van der Waals surface area contributed by atoms with E-state index < -0.39 is 0 Å². The van der Waals surface area contributed by atoms with Gasteiger partial charge in [0.25, 0.3) is 0 Å². The standard InChI is InChI=1S/C15H20BrNO3/c1-5-20-14(19)10-6-7-12(11(16)8-10)17-13(18)9-15(2,3)4/h6-8H,5,9H2,1-4H3,(H,17,18). The Kier molecular flexibility index (Phi) is 5.74. The Morgan fingerprint density at radius 1 is 1.30 bits per heavy atom. The molecule has 20 heavy (non-hydrogen) atoms. The number of halogens is 1. The molecule has 5 heteroatoms. The van der Waals surface area contributed by atoms with Crippen molar-refractivity contribution in [1.29, 1.82) is 0 Å². The van der Waals surface area contributed by atoms with Gasteiger partial charge in [-0.15, -0.1) is 0 Å². The van der Waals surface area contributed by atoms with Gasteiger partial charge < -0.3 is 10.1 Å². The molecule has 1 aromatic rings. The summed E-state index contributed by atoms with van der Waals surface area (Å²) in [4.78, 5) is 23.5. The smallest absolute Gasteiger partial charge is 0.338 e. The Balaban J connectivity index is 2.79. The van der Waals surface area contributed by atoms with E-state index in [1.807, 2.05) is 20.8 Å². The predicted molar refractivity (Wildman–Crippen MR) is 82.8 cm³/mol. The van der Waals surface area contributed by atoms with Crippen LogP contribution in [-0.2, 0) is 9.53 Å². The van der Waals surface area contributed by atoms with Gasteiger partial charge in [0.05, 0.1) is 17.9 Å². The Bertz CT molecular complexity index is 506. The first-order valence-corrected chi connectivity index (χ1v) is 7.29. The van der Waals surface area contributed by atoms with Crippen LogP contribution in [-0.4, -0.2) is 18.5 Å². The molecule has 1 amide bonds. The second kappa shape index (κ2) is 6.88. The Morgan fingerprint density at radius 2 is 1.95 bits per heavy atom. The average molecular weight is 342 g/mol. The zero-order valence-electron chi connectivity index (χ0n) is 12.2. The van der Waals surface area contributed by atoms with E-state index in [4.69, 9.17) is 4.74 Å². The minimum absolute atomic E-state index is 0.0536. The second-order valence-electron chi connectivity index (χ2n) is 5.70. The fourth-order valence-corrected chi connectivity index (χ4v) is 2.11. The van der Waals surface area contributed by atoms with Crippen molar-refractivity contribution in [1.82, 2.24) is 0 Å². The molecule has 0 spiro atoms. The number of esters is 1. The van der Waals surface area contributed by atoms with Crippen LogP contribution in [0.4, 0.5) is 5.69 Å². The minimum atomic E-state index is -0.374. The highest BCUT2D eigenvalue weighted by Gasteiger charge is 2.17. The van der Waals surface area contributed by atoms with Gasteiger partial charge in [0.2, 0.25) is 5.91 Å². The zero-order valence-corrected chi connectivity index (χ0v) is 13.8. The number of nitrogens with one attached hydrogen (secondary N) is 1. The summed E-state index contributed by atoms with van der Waals surface area (Å²) in [5.74, 6) is -0.428. The molecule has 0 saturated heterocycles. The summed E-state index contributed by atoms with van der Waals surface area (Å²) in [6, 6.07) is 4.97. The number of hydrogen-bond acceptors (Lipinski definition) is 3. The molecule has 1 aromatic carbocycles. The number of anilines is 1. The lowest BCUT2D eigenvalue weighted by atomic mass is 9.92. The molecular weight excluding hydrogens is 322 g/mol. The monoisotopic (exact) mass is 341 g/mol. The Morgan fingerprint density at radius 3 is 2.45 bits per heavy atom. The van der Waals surface area contributed by atoms with E-state index in [0.29, 0.717) is 28.8 Å². The molecule has 0 aliphatic rings. The molecule has 0 heterocycles. The summed E-state index contributed by atoms with van der Waals surface area (Å²) >= 11 is 3.35. The molecule has 0 saturated carbocycles. The first kappa shape index (κ1) is 16.7. The molecule has 1 N–H and O–H groups in total. The maximum Gasteiger partial charge on any atom is 0.338 e. The topological polar surface area (TPSA) is 55.4 Å². The summed E-state index contributed by atoms with van der Waals surface area (Å²) < 4.78 is 5.58. The molecule has 0 aromatic heterocycles. The van der Waals surface area contributed by atoms with E-state index >= 15 is 0 Å². The van der Waals surface area contributed by atoms with Crippen LogP contribution in [0.1, 0.15) is 44.5 Å². The van der Waals surface area contributed by atoms with E-state index in [1.165, 1.54) is 0 Å². The van der Waals surface area contributed by atoms with E-state index in [9.17, 15) is 9.59 Å². The maximum atomic E-state index is 11.9. The highest BCUT2D eigenvalue weighted by atomic mass is 79.9. The minimum Gasteiger partial charge on any atom is -0.462 e. The van der Waals surface area contributed by atoms with Crippen molar-refractivity contribution in [2.24, 2.45) is 5.41 Å². The Labute approximate surface area is 128 Å². The fraction of sp³-hybridized carbons (Fsp3) is 0.467. The first-order chi connectivity index (χ1) is 9.23. The number of amides is 1. The molecule has 0 fully saturated rings. The number of carbonyl (C=O) groups is 2. The van der Waals surface area contributed by atoms with Crippen molar-refractivity contribution >= 4 is 33.5 Å². The van der Waals surface area contributed by atoms with Crippen LogP contribution in [0.2, 0.25) is 0 Å².